The summed E-state index contributed by atoms with van der Waals surface area (Å²) in [5, 5.41) is 42.3. The van der Waals surface area contributed by atoms with Crippen molar-refractivity contribution in [2.75, 3.05) is 44.8 Å². The Bertz CT molecular complexity index is 1710. The van der Waals surface area contributed by atoms with Crippen LogP contribution in [0.25, 0.3) is 0 Å². The Labute approximate surface area is 341 Å². The average molecular weight is 793 g/mol. The third-order valence-corrected chi connectivity index (χ3v) is 18.4. The summed E-state index contributed by atoms with van der Waals surface area (Å²) in [5.41, 5.74) is 2.25. The molecular formula is C47H72N2O8. The second-order valence-electron chi connectivity index (χ2n) is 21.4. The first kappa shape index (κ1) is 41.5. The van der Waals surface area contributed by atoms with Gasteiger partial charge >= 0.3 is 0 Å². The minimum absolute atomic E-state index is 0.0131. The Morgan fingerprint density at radius 2 is 1.54 bits per heavy atom. The SMILES string of the molecule is COc1ccccc1N1CCN(C(=O)C2(C)CC[C@]3(C)CC[C@]4(C)C(=CCC5[C@@]6(C)C(O[C@@H]7O[C@H](CO)[C@@H](O)[C@@H](O)[C@H]7O)CCC(C)(C)C6CC[C@]54C)[C@@H]3C2)CC1. The number of methoxy groups -OCH3 is 1. The van der Waals surface area contributed by atoms with E-state index in [1.807, 2.05) is 18.2 Å². The quantitative estimate of drug-likeness (QED) is 0.244. The van der Waals surface area contributed by atoms with Gasteiger partial charge in [-0.25, -0.2) is 0 Å². The second kappa shape index (κ2) is 14.5. The molecule has 0 aromatic heterocycles. The van der Waals surface area contributed by atoms with Gasteiger partial charge in [-0.1, -0.05) is 72.2 Å². The predicted molar refractivity (Wildman–Crippen MR) is 219 cm³/mol. The fourth-order valence-electron chi connectivity index (χ4n) is 14.5. The third kappa shape index (κ3) is 6.26. The first-order valence-corrected chi connectivity index (χ1v) is 22.2. The largest absolute Gasteiger partial charge is 0.495 e. The summed E-state index contributed by atoms with van der Waals surface area (Å²) in [6.07, 6.45) is 6.11. The van der Waals surface area contributed by atoms with Gasteiger partial charge in [0.05, 0.1) is 25.5 Å². The number of fused-ring (bicyclic) bond motifs is 7. The van der Waals surface area contributed by atoms with Gasteiger partial charge in [0.25, 0.3) is 0 Å². The van der Waals surface area contributed by atoms with Crippen LogP contribution in [0, 0.1) is 50.2 Å². The van der Waals surface area contributed by atoms with Crippen molar-refractivity contribution in [3.63, 3.8) is 0 Å². The first-order chi connectivity index (χ1) is 26.9. The number of carbonyl (C=O) groups excluding carboxylic acids is 1. The number of aliphatic hydroxyl groups excluding tert-OH is 4. The molecule has 14 atom stereocenters. The lowest BCUT2D eigenvalue weighted by Crippen LogP contribution is -2.67. The van der Waals surface area contributed by atoms with E-state index >= 15 is 0 Å². The normalized spacial score (nSPS) is 46.8. The molecule has 2 aliphatic heterocycles. The molecule has 318 valence electrons. The summed E-state index contributed by atoms with van der Waals surface area (Å²) in [7, 11) is 1.72. The molecule has 1 aromatic carbocycles. The molecule has 8 rings (SSSR count). The van der Waals surface area contributed by atoms with E-state index in [0.717, 1.165) is 102 Å². The number of hydrogen-bond donors (Lipinski definition) is 4. The number of piperazine rings is 1. The molecule has 1 amide bonds. The molecule has 0 bridgehead atoms. The second-order valence-corrected chi connectivity index (χ2v) is 21.4. The van der Waals surface area contributed by atoms with Crippen LogP contribution in [0.5, 0.6) is 5.75 Å². The maximum atomic E-state index is 14.7. The van der Waals surface area contributed by atoms with Crippen LogP contribution >= 0.6 is 0 Å². The molecule has 10 nitrogen and oxygen atoms in total. The molecule has 10 heteroatoms. The van der Waals surface area contributed by atoms with Crippen LogP contribution in [0.3, 0.4) is 0 Å². The van der Waals surface area contributed by atoms with Crippen molar-refractivity contribution in [2.45, 2.75) is 149 Å². The van der Waals surface area contributed by atoms with Crippen molar-refractivity contribution >= 4 is 11.6 Å². The first-order valence-electron chi connectivity index (χ1n) is 22.2. The molecule has 57 heavy (non-hydrogen) atoms. The zero-order valence-corrected chi connectivity index (χ0v) is 36.0. The molecule has 2 saturated heterocycles. The van der Waals surface area contributed by atoms with Gasteiger partial charge in [0.15, 0.2) is 6.29 Å². The van der Waals surface area contributed by atoms with E-state index in [4.69, 9.17) is 14.2 Å². The lowest BCUT2D eigenvalue weighted by Gasteiger charge is -2.72. The number of anilines is 1. The van der Waals surface area contributed by atoms with Gasteiger partial charge in [0, 0.05) is 37.0 Å². The standard InChI is InChI=1S/C47H72N2O8/c1-42(2)17-16-36(57-40-39(53)38(52)37(51)33(28-50)56-40)47(7)34(42)15-18-46(6)35(47)14-13-29-30-27-44(4,20-19-43(30,3)21-22-45(29,46)5)41(54)49-25-23-48(24-26-49)31-11-9-10-12-32(31)55-8/h9-13,30,33-40,50-53H,14-28H2,1-8H3/t30-,33+,34?,35?,36?,37+,38+,39+,40-,43+,44?,45+,46+,47-/m0/s1. The number of carbonyl (C=O) groups is 1. The molecule has 4 unspecified atom stereocenters. The Balaban J connectivity index is 1.06. The molecule has 2 heterocycles. The van der Waals surface area contributed by atoms with Crippen molar-refractivity contribution in [1.29, 1.82) is 0 Å². The van der Waals surface area contributed by atoms with Gasteiger partial charge in [0.2, 0.25) is 5.91 Å². The topological polar surface area (TPSA) is 132 Å². The van der Waals surface area contributed by atoms with E-state index in [9.17, 15) is 25.2 Å². The van der Waals surface area contributed by atoms with Gasteiger partial charge in [-0.3, -0.25) is 4.79 Å². The molecule has 6 fully saturated rings. The lowest BCUT2D eigenvalue weighted by molar-refractivity contribution is -0.337. The monoisotopic (exact) mass is 793 g/mol. The number of amides is 1. The Kier molecular flexibility index (Phi) is 10.5. The third-order valence-electron chi connectivity index (χ3n) is 18.4. The summed E-state index contributed by atoms with van der Waals surface area (Å²) < 4.78 is 18.5. The predicted octanol–water partition coefficient (Wildman–Crippen LogP) is 6.33. The van der Waals surface area contributed by atoms with E-state index < -0.39 is 42.7 Å². The maximum Gasteiger partial charge on any atom is 0.228 e. The highest BCUT2D eigenvalue weighted by Crippen LogP contribution is 2.76. The van der Waals surface area contributed by atoms with Gasteiger partial charge in [0.1, 0.15) is 30.2 Å². The molecule has 4 N–H and O–H groups in total. The zero-order valence-electron chi connectivity index (χ0n) is 36.0. The number of hydrogen-bond acceptors (Lipinski definition) is 9. The molecule has 0 spiro atoms. The van der Waals surface area contributed by atoms with Crippen LogP contribution in [0.4, 0.5) is 5.69 Å². The van der Waals surface area contributed by atoms with Crippen LogP contribution < -0.4 is 9.64 Å². The van der Waals surface area contributed by atoms with E-state index in [2.05, 4.69) is 70.4 Å². The van der Waals surface area contributed by atoms with E-state index in [0.29, 0.717) is 23.7 Å². The lowest BCUT2D eigenvalue weighted by atomic mass is 9.33. The molecule has 7 aliphatic rings. The number of nitrogens with zero attached hydrogens (tertiary/aromatic N) is 2. The fourth-order valence-corrected chi connectivity index (χ4v) is 14.5. The van der Waals surface area contributed by atoms with Crippen molar-refractivity contribution in [3.05, 3.63) is 35.9 Å². The zero-order chi connectivity index (χ0) is 40.9. The number of aliphatic hydroxyl groups is 4. The fraction of sp³-hybridized carbons (Fsp3) is 0.809. The molecule has 0 radical (unpaired) electrons. The summed E-state index contributed by atoms with van der Waals surface area (Å²) in [4.78, 5) is 19.2. The van der Waals surface area contributed by atoms with Gasteiger partial charge in [-0.15, -0.1) is 0 Å². The number of rotatable bonds is 6. The Morgan fingerprint density at radius 3 is 2.25 bits per heavy atom. The van der Waals surface area contributed by atoms with Crippen LogP contribution in [0.1, 0.15) is 113 Å². The smallest absolute Gasteiger partial charge is 0.228 e. The summed E-state index contributed by atoms with van der Waals surface area (Å²) in [6, 6.07) is 8.16. The maximum absolute atomic E-state index is 14.7. The van der Waals surface area contributed by atoms with Crippen molar-refractivity contribution in [3.8, 4) is 5.75 Å². The highest BCUT2D eigenvalue weighted by molar-refractivity contribution is 5.83. The highest BCUT2D eigenvalue weighted by atomic mass is 16.7. The molecular weight excluding hydrogens is 721 g/mol. The molecule has 5 aliphatic carbocycles. The minimum Gasteiger partial charge on any atom is -0.495 e. The van der Waals surface area contributed by atoms with Crippen LogP contribution in [-0.4, -0.2) is 108 Å². The molecule has 4 saturated carbocycles. The highest BCUT2D eigenvalue weighted by Gasteiger charge is 2.70. The van der Waals surface area contributed by atoms with Crippen molar-refractivity contribution in [1.82, 2.24) is 4.90 Å². The summed E-state index contributed by atoms with van der Waals surface area (Å²) in [5.74, 6) is 2.24. The van der Waals surface area contributed by atoms with Crippen molar-refractivity contribution < 1.29 is 39.4 Å². The van der Waals surface area contributed by atoms with Gasteiger partial charge in [-0.2, -0.15) is 0 Å². The van der Waals surface area contributed by atoms with Crippen LogP contribution in [0.15, 0.2) is 35.9 Å². The van der Waals surface area contributed by atoms with E-state index in [1.54, 1.807) is 12.7 Å². The molecule has 1 aromatic rings. The Hall–Kier alpha value is -2.21. The Morgan fingerprint density at radius 1 is 0.842 bits per heavy atom. The minimum atomic E-state index is -1.46. The van der Waals surface area contributed by atoms with Gasteiger partial charge in [-0.05, 0) is 116 Å². The number of allylic oxidation sites excluding steroid dienone is 2. The van der Waals surface area contributed by atoms with Crippen molar-refractivity contribution in [2.24, 2.45) is 50.2 Å². The van der Waals surface area contributed by atoms with E-state index in [1.165, 1.54) is 0 Å². The summed E-state index contributed by atoms with van der Waals surface area (Å²) >= 11 is 0. The number of ether oxygens (including phenoxy) is 3. The number of benzene rings is 1. The van der Waals surface area contributed by atoms with E-state index in [-0.39, 0.29) is 33.2 Å². The average Bonchev–Trinajstić information content (AvgIpc) is 3.19. The van der Waals surface area contributed by atoms with Crippen LogP contribution in [0.2, 0.25) is 0 Å². The van der Waals surface area contributed by atoms with Crippen LogP contribution in [-0.2, 0) is 14.3 Å². The number of para-hydroxylation sites is 2. The van der Waals surface area contributed by atoms with Gasteiger partial charge < -0.3 is 44.4 Å². The summed E-state index contributed by atoms with van der Waals surface area (Å²) in [6.45, 7) is 19.7.